The first-order valence-electron chi connectivity index (χ1n) is 10.4. The van der Waals surface area contributed by atoms with Crippen LogP contribution in [-0.4, -0.2) is 59.8 Å². The third kappa shape index (κ3) is 5.43. The van der Waals surface area contributed by atoms with E-state index in [0.717, 1.165) is 17.8 Å². The van der Waals surface area contributed by atoms with Gasteiger partial charge in [0.25, 0.3) is 5.91 Å². The molecule has 0 N–H and O–H groups in total. The van der Waals surface area contributed by atoms with Crippen molar-refractivity contribution in [1.29, 1.82) is 0 Å². The van der Waals surface area contributed by atoms with Crippen LogP contribution in [0.25, 0.3) is 0 Å². The van der Waals surface area contributed by atoms with Crippen LogP contribution in [0.4, 0.5) is 4.39 Å². The molecule has 0 unspecified atom stereocenters. The summed E-state index contributed by atoms with van der Waals surface area (Å²) in [5.74, 6) is 0.541. The van der Waals surface area contributed by atoms with Crippen LogP contribution in [0.2, 0.25) is 0 Å². The highest BCUT2D eigenvalue weighted by Gasteiger charge is 2.29. The number of halogens is 1. The summed E-state index contributed by atoms with van der Waals surface area (Å²) in [6, 6.07) is 10.0. The predicted molar refractivity (Wildman–Crippen MR) is 121 cm³/mol. The zero-order valence-electron chi connectivity index (χ0n) is 18.0. The highest BCUT2D eigenvalue weighted by molar-refractivity contribution is 7.98. The fourth-order valence-corrected chi connectivity index (χ4v) is 5.90. The van der Waals surface area contributed by atoms with Gasteiger partial charge in [0.1, 0.15) is 16.6 Å². The van der Waals surface area contributed by atoms with Gasteiger partial charge >= 0.3 is 0 Å². The van der Waals surface area contributed by atoms with Crippen LogP contribution in [-0.2, 0) is 15.8 Å². The molecule has 11 heteroatoms. The molecule has 3 heterocycles. The van der Waals surface area contributed by atoms with E-state index in [1.807, 2.05) is 13.0 Å². The normalized spacial score (nSPS) is 15.4. The number of benzene rings is 1. The summed E-state index contributed by atoms with van der Waals surface area (Å²) < 4.78 is 45.5. The Morgan fingerprint density at radius 2 is 1.94 bits per heavy atom. The summed E-state index contributed by atoms with van der Waals surface area (Å²) in [5.41, 5.74) is 1.23. The van der Waals surface area contributed by atoms with Crippen molar-refractivity contribution < 1.29 is 22.1 Å². The number of amides is 1. The van der Waals surface area contributed by atoms with Crippen molar-refractivity contribution >= 4 is 27.7 Å². The number of hydrogen-bond acceptors (Lipinski definition) is 7. The lowest BCUT2D eigenvalue weighted by molar-refractivity contribution is 0.0760. The van der Waals surface area contributed by atoms with Gasteiger partial charge in [0.2, 0.25) is 10.0 Å². The Kier molecular flexibility index (Phi) is 7.11. The highest BCUT2D eigenvalue weighted by Crippen LogP contribution is 2.26. The summed E-state index contributed by atoms with van der Waals surface area (Å²) in [7, 11) is -3.76. The van der Waals surface area contributed by atoms with Crippen molar-refractivity contribution in [3.63, 3.8) is 0 Å². The number of aromatic nitrogens is 2. The first-order chi connectivity index (χ1) is 15.8. The fourth-order valence-electron chi connectivity index (χ4n) is 3.56. The molecule has 1 aliphatic heterocycles. The maximum Gasteiger partial charge on any atom is 0.256 e. The monoisotopic (exact) mass is 490 g/mol. The summed E-state index contributed by atoms with van der Waals surface area (Å²) >= 11 is 1.40. The smallest absolute Gasteiger partial charge is 0.256 e. The van der Waals surface area contributed by atoms with Gasteiger partial charge in [-0.15, -0.1) is 0 Å². The quantitative estimate of drug-likeness (QED) is 0.489. The lowest BCUT2D eigenvalue weighted by Gasteiger charge is -2.22. The molecule has 0 bridgehead atoms. The van der Waals surface area contributed by atoms with E-state index in [4.69, 9.17) is 4.52 Å². The lowest BCUT2D eigenvalue weighted by atomic mass is 10.2. The van der Waals surface area contributed by atoms with Gasteiger partial charge in [-0.25, -0.2) is 17.8 Å². The first kappa shape index (κ1) is 23.4. The van der Waals surface area contributed by atoms with Gasteiger partial charge in [-0.1, -0.05) is 16.9 Å². The molecule has 0 saturated carbocycles. The minimum Gasteiger partial charge on any atom is -0.361 e. The standard InChI is InChI=1S/C22H23FN4O4S2/c1-16-14-18(25-31-16)15-32-21-20(4-2-9-24-21)22(28)26-10-3-11-27(13-12-26)33(29,30)19-7-5-17(23)6-8-19/h2,4-9,14H,3,10-13,15H2,1H3. The average molecular weight is 491 g/mol. The number of rotatable bonds is 6. The van der Waals surface area contributed by atoms with Crippen LogP contribution in [0.1, 0.15) is 28.2 Å². The number of sulfonamides is 1. The lowest BCUT2D eigenvalue weighted by Crippen LogP contribution is -2.37. The van der Waals surface area contributed by atoms with Gasteiger partial charge in [0.15, 0.2) is 0 Å². The second-order valence-electron chi connectivity index (χ2n) is 7.58. The second-order valence-corrected chi connectivity index (χ2v) is 10.5. The van der Waals surface area contributed by atoms with Crippen molar-refractivity contribution in [1.82, 2.24) is 19.3 Å². The van der Waals surface area contributed by atoms with E-state index in [2.05, 4.69) is 10.1 Å². The van der Waals surface area contributed by atoms with Crippen LogP contribution in [0, 0.1) is 12.7 Å². The molecule has 1 fully saturated rings. The van der Waals surface area contributed by atoms with Crippen molar-refractivity contribution in [3.05, 3.63) is 71.5 Å². The maximum atomic E-state index is 13.3. The van der Waals surface area contributed by atoms with E-state index in [0.29, 0.717) is 35.1 Å². The number of pyridine rings is 1. The topological polar surface area (TPSA) is 96.6 Å². The molecule has 3 aromatic rings. The molecule has 174 valence electrons. The Hall–Kier alpha value is -2.76. The van der Waals surface area contributed by atoms with Gasteiger partial charge in [0.05, 0.1) is 16.2 Å². The fraction of sp³-hybridized carbons (Fsp3) is 0.318. The van der Waals surface area contributed by atoms with Gasteiger partial charge < -0.3 is 9.42 Å². The van der Waals surface area contributed by atoms with Crippen LogP contribution >= 0.6 is 11.8 Å². The van der Waals surface area contributed by atoms with E-state index in [9.17, 15) is 17.6 Å². The summed E-state index contributed by atoms with van der Waals surface area (Å²) in [6.07, 6.45) is 2.12. The number of carbonyl (C=O) groups is 1. The molecule has 1 aromatic carbocycles. The first-order valence-corrected chi connectivity index (χ1v) is 12.8. The molecule has 1 amide bonds. The molecule has 2 aromatic heterocycles. The number of aryl methyl sites for hydroxylation is 1. The highest BCUT2D eigenvalue weighted by atomic mass is 32.2. The van der Waals surface area contributed by atoms with Crippen molar-refractivity contribution in [2.75, 3.05) is 26.2 Å². The Morgan fingerprint density at radius 3 is 2.67 bits per heavy atom. The zero-order chi connectivity index (χ0) is 23.4. The number of carbonyl (C=O) groups excluding carboxylic acids is 1. The van der Waals surface area contributed by atoms with Crippen LogP contribution < -0.4 is 0 Å². The predicted octanol–water partition coefficient (Wildman–Crippen LogP) is 3.35. The third-order valence-corrected chi connectivity index (χ3v) is 8.18. The molecule has 1 saturated heterocycles. The van der Waals surface area contributed by atoms with Gasteiger partial charge in [-0.3, -0.25) is 4.79 Å². The minimum absolute atomic E-state index is 0.0396. The Bertz CT molecular complexity index is 1230. The van der Waals surface area contributed by atoms with Gasteiger partial charge in [-0.05, 0) is 49.7 Å². The number of hydrogen-bond donors (Lipinski definition) is 0. The Labute approximate surface area is 195 Å². The van der Waals surface area contributed by atoms with Crippen molar-refractivity contribution in [3.8, 4) is 0 Å². The zero-order valence-corrected chi connectivity index (χ0v) is 19.6. The van der Waals surface area contributed by atoms with Crippen LogP contribution in [0.5, 0.6) is 0 Å². The Morgan fingerprint density at radius 1 is 1.15 bits per heavy atom. The molecule has 1 aliphatic rings. The molecular formula is C22H23FN4O4S2. The summed E-state index contributed by atoms with van der Waals surface area (Å²) in [4.78, 5) is 19.3. The second kappa shape index (κ2) is 10.0. The largest absolute Gasteiger partial charge is 0.361 e. The van der Waals surface area contributed by atoms with Crippen molar-refractivity contribution in [2.45, 2.75) is 29.0 Å². The molecule has 0 atom stereocenters. The van der Waals surface area contributed by atoms with Gasteiger partial charge in [-0.2, -0.15) is 4.31 Å². The van der Waals surface area contributed by atoms with Crippen molar-refractivity contribution in [2.24, 2.45) is 0 Å². The SMILES string of the molecule is Cc1cc(CSc2ncccc2C(=O)N2CCCN(S(=O)(=O)c3ccc(F)cc3)CC2)no1. The number of nitrogens with zero attached hydrogens (tertiary/aromatic N) is 4. The van der Waals surface area contributed by atoms with Gasteiger partial charge in [0, 0.05) is 44.2 Å². The van der Waals surface area contributed by atoms with E-state index in [1.54, 1.807) is 23.2 Å². The van der Waals surface area contributed by atoms with E-state index < -0.39 is 15.8 Å². The average Bonchev–Trinajstić information content (AvgIpc) is 3.06. The molecular weight excluding hydrogens is 467 g/mol. The van der Waals surface area contributed by atoms with E-state index >= 15 is 0 Å². The third-order valence-electron chi connectivity index (χ3n) is 5.23. The van der Waals surface area contributed by atoms with E-state index in [1.165, 1.54) is 28.2 Å². The minimum atomic E-state index is -3.76. The molecule has 0 spiro atoms. The molecule has 8 nitrogen and oxygen atoms in total. The van der Waals surface area contributed by atoms with E-state index in [-0.39, 0.29) is 30.4 Å². The van der Waals surface area contributed by atoms with Crippen LogP contribution in [0.15, 0.2) is 63.1 Å². The van der Waals surface area contributed by atoms with Crippen LogP contribution in [0.3, 0.4) is 0 Å². The number of thioether (sulfide) groups is 1. The molecule has 0 aliphatic carbocycles. The summed E-state index contributed by atoms with van der Waals surface area (Å²) in [5, 5.41) is 4.55. The summed E-state index contributed by atoms with van der Waals surface area (Å²) in [6.45, 7) is 2.93. The Balaban J connectivity index is 1.45. The maximum absolute atomic E-state index is 13.3. The molecule has 33 heavy (non-hydrogen) atoms. The molecule has 4 rings (SSSR count). The molecule has 0 radical (unpaired) electrons.